The standard InChI is InChI=1S/C8H5ClN2/c9-7-4-3-6-2-1-5-10-8(6)11-7/h1-5H. The molecule has 2 aromatic rings. The smallest absolute Gasteiger partial charge is 0.160 e. The molecule has 0 aliphatic heterocycles. The summed E-state index contributed by atoms with van der Waals surface area (Å²) < 4.78 is 0. The Bertz CT molecular complexity index is 387. The number of aromatic nitrogens is 2. The fourth-order valence-corrected chi connectivity index (χ4v) is 1.07. The Morgan fingerprint density at radius 3 is 3.00 bits per heavy atom. The molecule has 2 heterocycles. The van der Waals surface area contributed by atoms with E-state index in [-0.39, 0.29) is 0 Å². The number of hydrogen-bond donors (Lipinski definition) is 0. The van der Waals surface area contributed by atoms with Crippen molar-refractivity contribution in [3.05, 3.63) is 35.6 Å². The average molecular weight is 165 g/mol. The maximum Gasteiger partial charge on any atom is 0.160 e. The van der Waals surface area contributed by atoms with Crippen molar-refractivity contribution in [3.63, 3.8) is 0 Å². The molecule has 0 fully saturated rings. The Hall–Kier alpha value is -1.15. The summed E-state index contributed by atoms with van der Waals surface area (Å²) in [5.41, 5.74) is 0.694. The third-order valence-corrected chi connectivity index (χ3v) is 1.64. The van der Waals surface area contributed by atoms with Crippen molar-refractivity contribution in [2.45, 2.75) is 0 Å². The third-order valence-electron chi connectivity index (χ3n) is 1.43. The van der Waals surface area contributed by atoms with Gasteiger partial charge in [-0.15, -0.1) is 0 Å². The highest BCUT2D eigenvalue weighted by Crippen LogP contribution is 2.11. The number of halogens is 1. The monoisotopic (exact) mass is 164 g/mol. The van der Waals surface area contributed by atoms with Crippen LogP contribution < -0.4 is 0 Å². The molecule has 0 saturated carbocycles. The Labute approximate surface area is 68.9 Å². The molecule has 0 spiro atoms. The first kappa shape index (κ1) is 6.55. The quantitative estimate of drug-likeness (QED) is 0.559. The van der Waals surface area contributed by atoms with Gasteiger partial charge in [-0.2, -0.15) is 0 Å². The zero-order valence-electron chi connectivity index (χ0n) is 5.66. The number of hydrogen-bond acceptors (Lipinski definition) is 2. The van der Waals surface area contributed by atoms with Crippen LogP contribution in [0.3, 0.4) is 0 Å². The Kier molecular flexibility index (Phi) is 1.47. The van der Waals surface area contributed by atoms with Gasteiger partial charge in [0, 0.05) is 11.6 Å². The van der Waals surface area contributed by atoms with Crippen LogP contribution in [0.5, 0.6) is 0 Å². The third kappa shape index (κ3) is 1.17. The molecule has 0 aromatic carbocycles. The van der Waals surface area contributed by atoms with Gasteiger partial charge in [0.05, 0.1) is 0 Å². The van der Waals surface area contributed by atoms with Gasteiger partial charge in [-0.05, 0) is 24.3 Å². The second-order valence-electron chi connectivity index (χ2n) is 2.18. The summed E-state index contributed by atoms with van der Waals surface area (Å²) in [7, 11) is 0. The first-order chi connectivity index (χ1) is 5.36. The number of fused-ring (bicyclic) bond motifs is 1. The lowest BCUT2D eigenvalue weighted by Gasteiger charge is -1.93. The van der Waals surface area contributed by atoms with Gasteiger partial charge in [-0.3, -0.25) is 0 Å². The Balaban J connectivity index is 2.83. The van der Waals surface area contributed by atoms with E-state index in [1.54, 1.807) is 12.3 Å². The predicted octanol–water partition coefficient (Wildman–Crippen LogP) is 2.28. The van der Waals surface area contributed by atoms with Crippen LogP contribution in [0.15, 0.2) is 30.5 Å². The van der Waals surface area contributed by atoms with Crippen molar-refractivity contribution < 1.29 is 0 Å². The molecule has 3 heteroatoms. The second-order valence-corrected chi connectivity index (χ2v) is 2.57. The van der Waals surface area contributed by atoms with Gasteiger partial charge in [0.1, 0.15) is 5.15 Å². The van der Waals surface area contributed by atoms with Gasteiger partial charge in [-0.25, -0.2) is 9.97 Å². The first-order valence-electron chi connectivity index (χ1n) is 3.23. The minimum Gasteiger partial charge on any atom is -0.237 e. The zero-order chi connectivity index (χ0) is 7.68. The fourth-order valence-electron chi connectivity index (χ4n) is 0.930. The lowest BCUT2D eigenvalue weighted by Crippen LogP contribution is -1.81. The second kappa shape index (κ2) is 2.47. The van der Waals surface area contributed by atoms with Gasteiger partial charge in [0.2, 0.25) is 0 Å². The summed E-state index contributed by atoms with van der Waals surface area (Å²) >= 11 is 5.67. The van der Waals surface area contributed by atoms with E-state index in [1.807, 2.05) is 18.2 Å². The van der Waals surface area contributed by atoms with Crippen molar-refractivity contribution in [1.82, 2.24) is 9.97 Å². The topological polar surface area (TPSA) is 25.8 Å². The molecule has 2 aromatic heterocycles. The molecule has 0 radical (unpaired) electrons. The van der Waals surface area contributed by atoms with E-state index in [0.717, 1.165) is 5.39 Å². The highest BCUT2D eigenvalue weighted by Gasteiger charge is 1.93. The average Bonchev–Trinajstić information content (AvgIpc) is 2.04. The van der Waals surface area contributed by atoms with Crippen molar-refractivity contribution in [3.8, 4) is 0 Å². The molecule has 0 atom stereocenters. The van der Waals surface area contributed by atoms with E-state index in [1.165, 1.54) is 0 Å². The molecule has 0 amide bonds. The Morgan fingerprint density at radius 1 is 1.18 bits per heavy atom. The lowest BCUT2D eigenvalue weighted by molar-refractivity contribution is 1.29. The largest absolute Gasteiger partial charge is 0.237 e. The van der Waals surface area contributed by atoms with Crippen molar-refractivity contribution in [2.24, 2.45) is 0 Å². The van der Waals surface area contributed by atoms with Crippen molar-refractivity contribution in [1.29, 1.82) is 0 Å². The molecule has 0 N–H and O–H groups in total. The maximum atomic E-state index is 5.67. The summed E-state index contributed by atoms with van der Waals surface area (Å²) in [6.45, 7) is 0. The first-order valence-corrected chi connectivity index (χ1v) is 3.61. The summed E-state index contributed by atoms with van der Waals surface area (Å²) in [6, 6.07) is 7.48. The zero-order valence-corrected chi connectivity index (χ0v) is 6.42. The van der Waals surface area contributed by atoms with Crippen LogP contribution in [-0.4, -0.2) is 9.97 Å². The summed E-state index contributed by atoms with van der Waals surface area (Å²) in [5, 5.41) is 1.49. The highest BCUT2D eigenvalue weighted by atomic mass is 35.5. The van der Waals surface area contributed by atoms with Crippen LogP contribution in [-0.2, 0) is 0 Å². The molecule has 0 bridgehead atoms. The molecule has 54 valence electrons. The maximum absolute atomic E-state index is 5.67. The molecular weight excluding hydrogens is 160 g/mol. The minimum absolute atomic E-state index is 0.483. The molecule has 2 rings (SSSR count). The van der Waals surface area contributed by atoms with Gasteiger partial charge >= 0.3 is 0 Å². The minimum atomic E-state index is 0.483. The SMILES string of the molecule is Clc1ccc2cccnc2n1. The molecule has 11 heavy (non-hydrogen) atoms. The van der Waals surface area contributed by atoms with Crippen LogP contribution in [0, 0.1) is 0 Å². The highest BCUT2D eigenvalue weighted by molar-refractivity contribution is 6.29. The fraction of sp³-hybridized carbons (Fsp3) is 0. The van der Waals surface area contributed by atoms with E-state index in [4.69, 9.17) is 11.6 Å². The predicted molar refractivity (Wildman–Crippen MR) is 44.5 cm³/mol. The summed E-state index contributed by atoms with van der Waals surface area (Å²) in [6.07, 6.45) is 1.70. The molecule has 0 aliphatic carbocycles. The van der Waals surface area contributed by atoms with E-state index in [0.29, 0.717) is 10.8 Å². The van der Waals surface area contributed by atoms with Gasteiger partial charge in [0.25, 0.3) is 0 Å². The number of rotatable bonds is 0. The van der Waals surface area contributed by atoms with Gasteiger partial charge in [-0.1, -0.05) is 11.6 Å². The lowest BCUT2D eigenvalue weighted by atomic mass is 10.3. The molecule has 0 saturated heterocycles. The van der Waals surface area contributed by atoms with Crippen LogP contribution >= 0.6 is 11.6 Å². The number of pyridine rings is 2. The van der Waals surface area contributed by atoms with Crippen LogP contribution in [0.2, 0.25) is 5.15 Å². The summed E-state index contributed by atoms with van der Waals surface area (Å²) in [4.78, 5) is 8.08. The van der Waals surface area contributed by atoms with E-state index in [9.17, 15) is 0 Å². The van der Waals surface area contributed by atoms with Crippen LogP contribution in [0.4, 0.5) is 0 Å². The van der Waals surface area contributed by atoms with E-state index >= 15 is 0 Å². The normalized spacial score (nSPS) is 10.3. The number of nitrogens with zero attached hydrogens (tertiary/aromatic N) is 2. The van der Waals surface area contributed by atoms with E-state index < -0.39 is 0 Å². The van der Waals surface area contributed by atoms with Gasteiger partial charge in [0.15, 0.2) is 5.65 Å². The summed E-state index contributed by atoms with van der Waals surface area (Å²) in [5.74, 6) is 0. The molecule has 0 aliphatic rings. The molecule has 0 unspecified atom stereocenters. The van der Waals surface area contributed by atoms with Crippen LogP contribution in [0.25, 0.3) is 11.0 Å². The van der Waals surface area contributed by atoms with Crippen LogP contribution in [0.1, 0.15) is 0 Å². The van der Waals surface area contributed by atoms with E-state index in [2.05, 4.69) is 9.97 Å². The van der Waals surface area contributed by atoms with Crippen molar-refractivity contribution >= 4 is 22.6 Å². The Morgan fingerprint density at radius 2 is 2.09 bits per heavy atom. The van der Waals surface area contributed by atoms with Crippen molar-refractivity contribution in [2.75, 3.05) is 0 Å². The molecular formula is C8H5ClN2. The van der Waals surface area contributed by atoms with Gasteiger partial charge < -0.3 is 0 Å². The molecule has 2 nitrogen and oxygen atoms in total.